The van der Waals surface area contributed by atoms with Crippen molar-refractivity contribution in [3.8, 4) is 5.75 Å². The van der Waals surface area contributed by atoms with Crippen LogP contribution in [0.3, 0.4) is 0 Å². The average Bonchev–Trinajstić information content (AvgIpc) is 3.37. The van der Waals surface area contributed by atoms with Crippen molar-refractivity contribution < 1.29 is 18.3 Å². The van der Waals surface area contributed by atoms with Crippen LogP contribution in [-0.2, 0) is 11.2 Å². The van der Waals surface area contributed by atoms with Gasteiger partial charge in [-0.1, -0.05) is 23.9 Å². The summed E-state index contributed by atoms with van der Waals surface area (Å²) in [5.41, 5.74) is 6.71. The Hall–Kier alpha value is -2.36. The SMILES string of the molecule is Nc1nnc(SCC(=O)NCCc2ccc(OC(F)F)cc2)n1C1CC1. The number of carbonyl (C=O) groups excluding carboxylic acids is 1. The second-order valence-corrected chi connectivity index (χ2v) is 6.80. The molecule has 1 aromatic heterocycles. The second kappa shape index (κ2) is 8.35. The van der Waals surface area contributed by atoms with E-state index in [1.165, 1.54) is 23.9 Å². The van der Waals surface area contributed by atoms with Crippen LogP contribution in [0.5, 0.6) is 5.75 Å². The minimum Gasteiger partial charge on any atom is -0.435 e. The van der Waals surface area contributed by atoms with Gasteiger partial charge in [-0.2, -0.15) is 8.78 Å². The highest BCUT2D eigenvalue weighted by atomic mass is 32.2. The van der Waals surface area contributed by atoms with Crippen LogP contribution in [0.15, 0.2) is 29.4 Å². The number of carbonyl (C=O) groups is 1. The molecular formula is C16H19F2N5O2S. The molecule has 140 valence electrons. The predicted molar refractivity (Wildman–Crippen MR) is 93.2 cm³/mol. The summed E-state index contributed by atoms with van der Waals surface area (Å²) in [6.45, 7) is -2.38. The first-order valence-electron chi connectivity index (χ1n) is 8.16. The summed E-state index contributed by atoms with van der Waals surface area (Å²) in [5, 5.41) is 11.4. The van der Waals surface area contributed by atoms with Crippen LogP contribution in [0.25, 0.3) is 0 Å². The molecular weight excluding hydrogens is 364 g/mol. The first-order valence-corrected chi connectivity index (χ1v) is 9.15. The number of thioether (sulfide) groups is 1. The summed E-state index contributed by atoms with van der Waals surface area (Å²) >= 11 is 1.31. The number of nitrogens with zero attached hydrogens (tertiary/aromatic N) is 3. The average molecular weight is 383 g/mol. The standard InChI is InChI=1S/C16H19F2N5O2S/c17-14(18)25-12-5-1-10(2-6-12)7-8-20-13(24)9-26-16-22-21-15(19)23(16)11-3-4-11/h1-2,5-6,11,14H,3-4,7-9H2,(H2,19,21)(H,20,24). The summed E-state index contributed by atoms with van der Waals surface area (Å²) in [7, 11) is 0. The molecule has 3 rings (SSSR count). The zero-order valence-corrected chi connectivity index (χ0v) is 14.7. The number of amides is 1. The fourth-order valence-corrected chi connectivity index (χ4v) is 3.27. The third-order valence-corrected chi connectivity index (χ3v) is 4.76. The number of nitrogens with one attached hydrogen (secondary N) is 1. The van der Waals surface area contributed by atoms with Crippen LogP contribution in [0.4, 0.5) is 14.7 Å². The molecule has 1 saturated carbocycles. The van der Waals surface area contributed by atoms with E-state index in [9.17, 15) is 13.6 Å². The summed E-state index contributed by atoms with van der Waals surface area (Å²) in [5.74, 6) is 0.612. The Morgan fingerprint density at radius 2 is 2.08 bits per heavy atom. The minimum absolute atomic E-state index is 0.114. The number of benzene rings is 1. The first-order chi connectivity index (χ1) is 12.5. The van der Waals surface area contributed by atoms with Gasteiger partial charge in [0.25, 0.3) is 0 Å². The van der Waals surface area contributed by atoms with Crippen LogP contribution in [-0.4, -0.2) is 39.6 Å². The molecule has 7 nitrogen and oxygen atoms in total. The highest BCUT2D eigenvalue weighted by Crippen LogP contribution is 2.39. The van der Waals surface area contributed by atoms with E-state index in [0.29, 0.717) is 30.1 Å². The maximum Gasteiger partial charge on any atom is 0.387 e. The molecule has 1 fully saturated rings. The maximum absolute atomic E-state index is 12.1. The minimum atomic E-state index is -2.83. The number of halogens is 2. The lowest BCUT2D eigenvalue weighted by atomic mass is 10.1. The third kappa shape index (κ3) is 5.07. The Balaban J connectivity index is 1.39. The zero-order valence-electron chi connectivity index (χ0n) is 13.9. The van der Waals surface area contributed by atoms with Crippen molar-refractivity contribution >= 4 is 23.6 Å². The third-order valence-electron chi connectivity index (χ3n) is 3.82. The van der Waals surface area contributed by atoms with Crippen LogP contribution >= 0.6 is 11.8 Å². The molecule has 0 radical (unpaired) electrons. The molecule has 1 aliphatic carbocycles. The van der Waals surface area contributed by atoms with Gasteiger partial charge in [-0.15, -0.1) is 10.2 Å². The molecule has 0 spiro atoms. The molecule has 3 N–H and O–H groups in total. The Bertz CT molecular complexity index is 750. The van der Waals surface area contributed by atoms with E-state index >= 15 is 0 Å². The van der Waals surface area contributed by atoms with E-state index in [-0.39, 0.29) is 17.4 Å². The number of anilines is 1. The second-order valence-electron chi connectivity index (χ2n) is 5.85. The van der Waals surface area contributed by atoms with E-state index in [2.05, 4.69) is 20.3 Å². The van der Waals surface area contributed by atoms with E-state index in [4.69, 9.17) is 5.73 Å². The zero-order chi connectivity index (χ0) is 18.5. The predicted octanol–water partition coefficient (Wildman–Crippen LogP) is 2.25. The van der Waals surface area contributed by atoms with Gasteiger partial charge in [-0.3, -0.25) is 9.36 Å². The Kier molecular flexibility index (Phi) is 5.92. The van der Waals surface area contributed by atoms with E-state index in [1.807, 2.05) is 4.57 Å². The van der Waals surface area contributed by atoms with Crippen molar-refractivity contribution in [2.45, 2.75) is 37.1 Å². The smallest absolute Gasteiger partial charge is 0.387 e. The Morgan fingerprint density at radius 3 is 2.73 bits per heavy atom. The van der Waals surface area contributed by atoms with Gasteiger partial charge < -0.3 is 15.8 Å². The molecule has 26 heavy (non-hydrogen) atoms. The van der Waals surface area contributed by atoms with Gasteiger partial charge in [-0.05, 0) is 37.0 Å². The molecule has 0 unspecified atom stereocenters. The number of nitrogen functional groups attached to an aromatic ring is 1. The van der Waals surface area contributed by atoms with Crippen molar-refractivity contribution in [3.05, 3.63) is 29.8 Å². The number of rotatable bonds is 9. The monoisotopic (exact) mass is 383 g/mol. The van der Waals surface area contributed by atoms with Crippen molar-refractivity contribution in [3.63, 3.8) is 0 Å². The topological polar surface area (TPSA) is 95.1 Å². The highest BCUT2D eigenvalue weighted by Gasteiger charge is 2.29. The fourth-order valence-electron chi connectivity index (χ4n) is 2.43. The van der Waals surface area contributed by atoms with Gasteiger partial charge in [-0.25, -0.2) is 0 Å². The normalized spacial score (nSPS) is 13.8. The lowest BCUT2D eigenvalue weighted by Gasteiger charge is -2.08. The van der Waals surface area contributed by atoms with Gasteiger partial charge in [0.2, 0.25) is 11.9 Å². The van der Waals surface area contributed by atoms with Crippen LogP contribution in [0.2, 0.25) is 0 Å². The summed E-state index contributed by atoms with van der Waals surface area (Å²) in [6, 6.07) is 6.70. The lowest BCUT2D eigenvalue weighted by Crippen LogP contribution is -2.27. The largest absolute Gasteiger partial charge is 0.435 e. The van der Waals surface area contributed by atoms with Gasteiger partial charge in [0.1, 0.15) is 5.75 Å². The van der Waals surface area contributed by atoms with Crippen molar-refractivity contribution in [2.24, 2.45) is 0 Å². The quantitative estimate of drug-likeness (QED) is 0.645. The number of hydrogen-bond acceptors (Lipinski definition) is 6. The number of alkyl halides is 2. The van der Waals surface area contributed by atoms with Crippen molar-refractivity contribution in [1.82, 2.24) is 20.1 Å². The molecule has 0 atom stereocenters. The molecule has 10 heteroatoms. The molecule has 1 aliphatic rings. The fraction of sp³-hybridized carbons (Fsp3) is 0.438. The molecule has 2 aromatic rings. The molecule has 0 aliphatic heterocycles. The Labute approximate surface area is 153 Å². The van der Waals surface area contributed by atoms with Crippen LogP contribution < -0.4 is 15.8 Å². The summed E-state index contributed by atoms with van der Waals surface area (Å²) in [4.78, 5) is 12.0. The molecule has 1 heterocycles. The molecule has 1 amide bonds. The first kappa shape index (κ1) is 18.4. The molecule has 1 aromatic carbocycles. The van der Waals surface area contributed by atoms with Crippen LogP contribution in [0.1, 0.15) is 24.4 Å². The van der Waals surface area contributed by atoms with Gasteiger partial charge in [0.05, 0.1) is 5.75 Å². The molecule has 0 saturated heterocycles. The van der Waals surface area contributed by atoms with Gasteiger partial charge >= 0.3 is 6.61 Å². The number of hydrogen-bond donors (Lipinski definition) is 2. The van der Waals surface area contributed by atoms with Crippen molar-refractivity contribution in [1.29, 1.82) is 0 Å². The summed E-state index contributed by atoms with van der Waals surface area (Å²) in [6.07, 6.45) is 2.71. The van der Waals surface area contributed by atoms with Gasteiger partial charge in [0, 0.05) is 12.6 Å². The Morgan fingerprint density at radius 1 is 1.35 bits per heavy atom. The van der Waals surface area contributed by atoms with E-state index < -0.39 is 6.61 Å². The van der Waals surface area contributed by atoms with Crippen LogP contribution in [0, 0.1) is 0 Å². The number of aromatic nitrogens is 3. The maximum atomic E-state index is 12.1. The number of nitrogens with two attached hydrogens (primary N) is 1. The van der Waals surface area contributed by atoms with E-state index in [1.54, 1.807) is 12.1 Å². The van der Waals surface area contributed by atoms with Crippen molar-refractivity contribution in [2.75, 3.05) is 18.0 Å². The lowest BCUT2D eigenvalue weighted by molar-refractivity contribution is -0.118. The van der Waals surface area contributed by atoms with E-state index in [0.717, 1.165) is 18.4 Å². The molecule has 0 bridgehead atoms. The highest BCUT2D eigenvalue weighted by molar-refractivity contribution is 7.99. The summed E-state index contributed by atoms with van der Waals surface area (Å²) < 4.78 is 30.4. The van der Waals surface area contributed by atoms with Gasteiger partial charge in [0.15, 0.2) is 5.16 Å². The number of ether oxygens (including phenoxy) is 1.